The summed E-state index contributed by atoms with van der Waals surface area (Å²) >= 11 is 0. The molecule has 1 aromatic carbocycles. The van der Waals surface area contributed by atoms with Crippen LogP contribution in [-0.4, -0.2) is 47.5 Å². The van der Waals surface area contributed by atoms with Crippen molar-refractivity contribution < 1.29 is 22.8 Å². The highest BCUT2D eigenvalue weighted by atomic mass is 32.2. The molecule has 0 bridgehead atoms. The zero-order valence-electron chi connectivity index (χ0n) is 17.4. The Morgan fingerprint density at radius 1 is 1.30 bits per heavy atom. The summed E-state index contributed by atoms with van der Waals surface area (Å²) in [6.07, 6.45) is 5.64. The lowest BCUT2D eigenvalue weighted by Gasteiger charge is -2.29. The minimum atomic E-state index is -3.70. The fourth-order valence-electron chi connectivity index (χ4n) is 3.35. The van der Waals surface area contributed by atoms with Gasteiger partial charge in [0.05, 0.1) is 6.20 Å². The topological polar surface area (TPSA) is 99.5 Å². The second-order valence-electron chi connectivity index (χ2n) is 7.59. The van der Waals surface area contributed by atoms with Gasteiger partial charge in [-0.15, -0.1) is 0 Å². The van der Waals surface area contributed by atoms with E-state index in [1.807, 2.05) is 36.5 Å². The van der Waals surface area contributed by atoms with Gasteiger partial charge in [-0.25, -0.2) is 18.7 Å². The van der Waals surface area contributed by atoms with E-state index in [-0.39, 0.29) is 18.7 Å². The first kappa shape index (κ1) is 22.5. The summed E-state index contributed by atoms with van der Waals surface area (Å²) in [5, 5.41) is 4.32. The number of hydrogen-bond acceptors (Lipinski definition) is 6. The molecule has 0 radical (unpaired) electrons. The molecular formula is C21H29N3O5S. The minimum absolute atomic E-state index is 0.0692. The fraction of sp³-hybridized carbons (Fsp3) is 0.524. The van der Waals surface area contributed by atoms with Crippen LogP contribution in [0.2, 0.25) is 0 Å². The standard InChI is InChI=1S/C21H29N3O5S/c1-3-30(26,27)21(2,20(25)23-29-19-11-7-8-14-28-19)12-13-24-16-18(15-22-24)17-9-5-4-6-10-17/h4-6,9-10,15-16,19H,3,7-8,11-14H2,1-2H3,(H,23,25)/t19?,21-/m1/s1. The van der Waals surface area contributed by atoms with Crippen LogP contribution in [0.5, 0.6) is 0 Å². The van der Waals surface area contributed by atoms with Crippen molar-refractivity contribution in [3.8, 4) is 11.1 Å². The number of nitrogens with one attached hydrogen (secondary N) is 1. The summed E-state index contributed by atoms with van der Waals surface area (Å²) in [4.78, 5) is 18.2. The Morgan fingerprint density at radius 3 is 2.73 bits per heavy atom. The Hall–Kier alpha value is -2.23. The number of ether oxygens (including phenoxy) is 1. The monoisotopic (exact) mass is 435 g/mol. The van der Waals surface area contributed by atoms with Crippen molar-refractivity contribution in [3.05, 3.63) is 42.7 Å². The van der Waals surface area contributed by atoms with E-state index in [1.165, 1.54) is 13.8 Å². The first-order valence-corrected chi connectivity index (χ1v) is 11.9. The van der Waals surface area contributed by atoms with Crippen LogP contribution in [0.4, 0.5) is 0 Å². The van der Waals surface area contributed by atoms with Crippen LogP contribution in [0.3, 0.4) is 0 Å². The molecule has 0 spiro atoms. The molecule has 0 saturated carbocycles. The number of carbonyl (C=O) groups excluding carboxylic acids is 1. The van der Waals surface area contributed by atoms with Crippen LogP contribution in [0, 0.1) is 0 Å². The minimum Gasteiger partial charge on any atom is -0.350 e. The van der Waals surface area contributed by atoms with E-state index >= 15 is 0 Å². The van der Waals surface area contributed by atoms with Gasteiger partial charge in [0.15, 0.2) is 20.9 Å². The van der Waals surface area contributed by atoms with E-state index in [9.17, 15) is 13.2 Å². The second-order valence-corrected chi connectivity index (χ2v) is 10.3. The van der Waals surface area contributed by atoms with Gasteiger partial charge in [0.2, 0.25) is 0 Å². The van der Waals surface area contributed by atoms with E-state index in [0.717, 1.165) is 24.0 Å². The molecule has 2 atom stereocenters. The number of amides is 1. The Balaban J connectivity index is 1.69. The molecule has 1 unspecified atom stereocenters. The van der Waals surface area contributed by atoms with Gasteiger partial charge in [0.1, 0.15) is 0 Å². The van der Waals surface area contributed by atoms with Gasteiger partial charge in [-0.05, 0) is 31.7 Å². The first-order valence-electron chi connectivity index (χ1n) is 10.2. The van der Waals surface area contributed by atoms with Crippen molar-refractivity contribution >= 4 is 15.7 Å². The molecule has 164 valence electrons. The molecule has 9 heteroatoms. The van der Waals surface area contributed by atoms with Crippen molar-refractivity contribution in [1.29, 1.82) is 0 Å². The molecule has 3 rings (SSSR count). The third-order valence-electron chi connectivity index (χ3n) is 5.53. The normalized spacial score (nSPS) is 19.2. The number of nitrogens with zero attached hydrogens (tertiary/aromatic N) is 2. The van der Waals surface area contributed by atoms with Gasteiger partial charge in [0.25, 0.3) is 5.91 Å². The molecule has 30 heavy (non-hydrogen) atoms. The maximum Gasteiger partial charge on any atom is 0.264 e. The molecule has 1 fully saturated rings. The lowest BCUT2D eigenvalue weighted by atomic mass is 10.1. The van der Waals surface area contributed by atoms with Gasteiger partial charge in [-0.3, -0.25) is 9.48 Å². The Bertz CT molecular complexity index is 939. The number of benzene rings is 1. The number of carbonyl (C=O) groups is 1. The van der Waals surface area contributed by atoms with Crippen LogP contribution in [-0.2, 0) is 30.8 Å². The van der Waals surface area contributed by atoms with Crippen molar-refractivity contribution in [2.75, 3.05) is 12.4 Å². The summed E-state index contributed by atoms with van der Waals surface area (Å²) in [5.74, 6) is -0.834. The fourth-order valence-corrected chi connectivity index (χ4v) is 4.72. The quantitative estimate of drug-likeness (QED) is 0.608. The van der Waals surface area contributed by atoms with Crippen molar-refractivity contribution in [2.45, 2.75) is 57.1 Å². The molecular weight excluding hydrogens is 406 g/mol. The molecule has 2 aromatic rings. The third kappa shape index (κ3) is 5.08. The van der Waals surface area contributed by atoms with Gasteiger partial charge in [-0.1, -0.05) is 37.3 Å². The first-order chi connectivity index (χ1) is 14.4. The van der Waals surface area contributed by atoms with Gasteiger partial charge >= 0.3 is 0 Å². The lowest BCUT2D eigenvalue weighted by molar-refractivity contribution is -0.201. The number of sulfone groups is 1. The molecule has 1 amide bonds. The van der Waals surface area contributed by atoms with Gasteiger partial charge in [0, 0.05) is 37.1 Å². The maximum atomic E-state index is 12.9. The summed E-state index contributed by atoms with van der Waals surface area (Å²) in [5.41, 5.74) is 4.28. The zero-order chi connectivity index (χ0) is 21.6. The number of aryl methyl sites for hydroxylation is 1. The Kier molecular flexibility index (Phi) is 7.27. The lowest BCUT2D eigenvalue weighted by Crippen LogP contribution is -2.52. The largest absolute Gasteiger partial charge is 0.350 e. The molecule has 0 aliphatic carbocycles. The summed E-state index contributed by atoms with van der Waals surface area (Å²) in [6, 6.07) is 9.78. The van der Waals surface area contributed by atoms with Crippen LogP contribution >= 0.6 is 0 Å². The molecule has 1 aliphatic heterocycles. The van der Waals surface area contributed by atoms with E-state index < -0.39 is 26.8 Å². The SMILES string of the molecule is CCS(=O)(=O)[C@](C)(CCn1cc(-c2ccccc2)cn1)C(=O)NOC1CCCCO1. The highest BCUT2D eigenvalue weighted by Gasteiger charge is 2.45. The number of hydrogen-bond donors (Lipinski definition) is 1. The predicted octanol–water partition coefficient (Wildman–Crippen LogP) is 2.71. The molecule has 1 N–H and O–H groups in total. The maximum absolute atomic E-state index is 12.9. The number of aromatic nitrogens is 2. The van der Waals surface area contributed by atoms with E-state index in [4.69, 9.17) is 9.57 Å². The van der Waals surface area contributed by atoms with Gasteiger partial charge in [-0.2, -0.15) is 5.10 Å². The van der Waals surface area contributed by atoms with E-state index in [0.29, 0.717) is 13.0 Å². The molecule has 1 aromatic heterocycles. The van der Waals surface area contributed by atoms with Crippen LogP contribution < -0.4 is 5.48 Å². The number of hydroxylamine groups is 1. The van der Waals surface area contributed by atoms with Crippen molar-refractivity contribution in [1.82, 2.24) is 15.3 Å². The van der Waals surface area contributed by atoms with E-state index in [2.05, 4.69) is 10.6 Å². The highest BCUT2D eigenvalue weighted by molar-refractivity contribution is 7.93. The summed E-state index contributed by atoms with van der Waals surface area (Å²) in [7, 11) is -3.70. The predicted molar refractivity (Wildman–Crippen MR) is 113 cm³/mol. The van der Waals surface area contributed by atoms with E-state index in [1.54, 1.807) is 10.9 Å². The van der Waals surface area contributed by atoms with Crippen molar-refractivity contribution in [3.63, 3.8) is 0 Å². The van der Waals surface area contributed by atoms with Crippen LogP contribution in [0.25, 0.3) is 11.1 Å². The molecule has 1 saturated heterocycles. The molecule has 8 nitrogen and oxygen atoms in total. The third-order valence-corrected chi connectivity index (χ3v) is 8.05. The average molecular weight is 436 g/mol. The van der Waals surface area contributed by atoms with Gasteiger partial charge < -0.3 is 4.74 Å². The Morgan fingerprint density at radius 2 is 2.07 bits per heavy atom. The van der Waals surface area contributed by atoms with Crippen LogP contribution in [0.15, 0.2) is 42.7 Å². The highest BCUT2D eigenvalue weighted by Crippen LogP contribution is 2.25. The Labute approximate surface area is 177 Å². The summed E-state index contributed by atoms with van der Waals surface area (Å²) in [6.45, 7) is 3.81. The molecule has 2 heterocycles. The summed E-state index contributed by atoms with van der Waals surface area (Å²) < 4.78 is 31.0. The molecule has 1 aliphatic rings. The average Bonchev–Trinajstić information content (AvgIpc) is 3.26. The number of rotatable bonds is 9. The zero-order valence-corrected chi connectivity index (χ0v) is 18.2. The smallest absolute Gasteiger partial charge is 0.264 e. The van der Waals surface area contributed by atoms with Crippen molar-refractivity contribution in [2.24, 2.45) is 0 Å². The second kappa shape index (κ2) is 9.72. The van der Waals surface area contributed by atoms with Crippen LogP contribution in [0.1, 0.15) is 39.5 Å².